The van der Waals surface area contributed by atoms with Gasteiger partial charge < -0.3 is 38.6 Å². The zero-order valence-electron chi connectivity index (χ0n) is 49.8. The third-order valence-electron chi connectivity index (χ3n) is 13.3. The minimum absolute atomic E-state index is 0.0104. The maximum Gasteiger partial charge on any atom is 0.314 e. The molecule has 0 aliphatic carbocycles. The normalized spacial score (nSPS) is 20.8. The van der Waals surface area contributed by atoms with Crippen molar-refractivity contribution in [2.45, 2.75) is 187 Å². The van der Waals surface area contributed by atoms with E-state index < -0.39 is 127 Å². The molecule has 0 radical (unpaired) electrons. The summed E-state index contributed by atoms with van der Waals surface area (Å²) >= 11 is 0. The van der Waals surface area contributed by atoms with E-state index in [1.807, 2.05) is 13.8 Å². The number of aliphatic hydroxyl groups is 2. The topological polar surface area (TPSA) is 256 Å². The molecule has 20 nitrogen and oxygen atoms in total. The molecule has 7 atom stereocenters. The summed E-state index contributed by atoms with van der Waals surface area (Å²) in [7, 11) is -6.03. The first-order chi connectivity index (χ1) is 37.6. The highest BCUT2D eigenvalue weighted by Crippen LogP contribution is 2.41. The van der Waals surface area contributed by atoms with E-state index >= 15 is 0 Å². The Morgan fingerprint density at radius 3 is 1.72 bits per heavy atom. The Kier molecular flexibility index (Phi) is 19.9. The summed E-state index contributed by atoms with van der Waals surface area (Å²) in [6.07, 6.45) is -2.84. The molecule has 82 heavy (non-hydrogen) atoms. The first-order valence-electron chi connectivity index (χ1n) is 27.1. The number of anilines is 2. The molecule has 0 amide bonds. The van der Waals surface area contributed by atoms with Gasteiger partial charge in [-0.3, -0.25) is 9.59 Å². The second-order valence-corrected chi connectivity index (χ2v) is 28.4. The van der Waals surface area contributed by atoms with E-state index in [9.17, 15) is 45.4 Å². The molecule has 0 spiro atoms. The van der Waals surface area contributed by atoms with Crippen LogP contribution in [-0.4, -0.2) is 138 Å². The minimum atomic E-state index is -4.60. The summed E-state index contributed by atoms with van der Waals surface area (Å²) in [5, 5.41) is 24.5. The first-order valence-corrected chi connectivity index (χ1v) is 30.6. The van der Waals surface area contributed by atoms with Gasteiger partial charge in [0.05, 0.1) is 77.8 Å². The molecule has 3 unspecified atom stereocenters. The number of esters is 2. The van der Waals surface area contributed by atoms with Crippen molar-refractivity contribution in [3.63, 3.8) is 0 Å². The fourth-order valence-corrected chi connectivity index (χ4v) is 11.2. The fraction of sp³-hybridized carbons (Fsp3) is 0.586. The Balaban J connectivity index is 1.39. The molecule has 2 N–H and O–H groups in total. The van der Waals surface area contributed by atoms with E-state index in [0.29, 0.717) is 16.8 Å². The van der Waals surface area contributed by atoms with Crippen LogP contribution in [0.4, 0.5) is 20.7 Å². The second kappa shape index (κ2) is 24.9. The summed E-state index contributed by atoms with van der Waals surface area (Å²) < 4.78 is 122. The number of aromatic nitrogens is 4. The Morgan fingerprint density at radius 2 is 1.20 bits per heavy atom. The molecule has 4 heterocycles. The zero-order chi connectivity index (χ0) is 61.4. The van der Waals surface area contributed by atoms with Crippen molar-refractivity contribution in [1.82, 2.24) is 19.9 Å². The molecule has 2 aromatic carbocycles. The number of aliphatic hydroxyl groups excluding tert-OH is 2. The van der Waals surface area contributed by atoms with Crippen LogP contribution in [0.5, 0.6) is 0 Å². The molecule has 2 saturated heterocycles. The molecular formula is C58H80F2N6O14S2. The van der Waals surface area contributed by atoms with Gasteiger partial charge in [-0.25, -0.2) is 54.2 Å². The lowest BCUT2D eigenvalue weighted by molar-refractivity contribution is -0.329. The number of benzene rings is 2. The van der Waals surface area contributed by atoms with E-state index in [0.717, 1.165) is 27.0 Å². The summed E-state index contributed by atoms with van der Waals surface area (Å²) in [5.41, 5.74) is -0.0796. The van der Waals surface area contributed by atoms with Gasteiger partial charge in [-0.2, -0.15) is 0 Å². The number of hydrogen-bond acceptors (Lipinski definition) is 18. The summed E-state index contributed by atoms with van der Waals surface area (Å²) in [5.74, 6) is -8.89. The molecule has 0 bridgehead atoms. The number of ether oxygens (including phenoxy) is 6. The van der Waals surface area contributed by atoms with Gasteiger partial charge in [0.1, 0.15) is 28.8 Å². The van der Waals surface area contributed by atoms with Gasteiger partial charge in [0, 0.05) is 49.2 Å². The van der Waals surface area contributed by atoms with E-state index in [2.05, 4.69) is 9.97 Å². The maximum absolute atomic E-state index is 14.7. The van der Waals surface area contributed by atoms with E-state index in [1.54, 1.807) is 95.2 Å². The van der Waals surface area contributed by atoms with Crippen molar-refractivity contribution < 1.29 is 73.8 Å². The number of sulfonamides is 2. The predicted molar refractivity (Wildman–Crippen MR) is 305 cm³/mol. The molecule has 4 aromatic rings. The number of carbonyl (C=O) groups is 2. The van der Waals surface area contributed by atoms with Crippen LogP contribution < -0.4 is 8.61 Å². The van der Waals surface area contributed by atoms with Crippen LogP contribution in [0, 0.1) is 17.6 Å². The number of halogens is 2. The van der Waals surface area contributed by atoms with Gasteiger partial charge >= 0.3 is 11.9 Å². The summed E-state index contributed by atoms with van der Waals surface area (Å²) in [4.78, 5) is 46.0. The molecule has 452 valence electrons. The zero-order valence-corrected chi connectivity index (χ0v) is 51.5. The lowest BCUT2D eigenvalue weighted by Crippen LogP contribution is -2.57. The van der Waals surface area contributed by atoms with Gasteiger partial charge in [-0.05, 0) is 130 Å². The molecular weight excluding hydrogens is 1110 g/mol. The van der Waals surface area contributed by atoms with Gasteiger partial charge in [0.2, 0.25) is 31.9 Å². The van der Waals surface area contributed by atoms with Crippen LogP contribution in [0.15, 0.2) is 54.6 Å². The molecule has 2 aliphatic rings. The second-order valence-electron chi connectivity index (χ2n) is 24.3. The van der Waals surface area contributed by atoms with Gasteiger partial charge in [-0.1, -0.05) is 39.8 Å². The van der Waals surface area contributed by atoms with Crippen LogP contribution in [-0.2, 0) is 58.1 Å². The summed E-state index contributed by atoms with van der Waals surface area (Å²) in [6, 6.07) is 10.4. The van der Waals surface area contributed by atoms with Crippen molar-refractivity contribution in [2.24, 2.45) is 5.92 Å². The van der Waals surface area contributed by atoms with Crippen LogP contribution in [0.25, 0.3) is 28.6 Å². The minimum Gasteiger partial charge on any atom is -0.460 e. The SMILES string of the molecule is CC(C)c1nc(N(C)S(=O)(=O)CC(O)c2c(-c3ccc(F)cc3)nc(N(C)S(C)(=O)=O)nc2C(C)C)nc(-c2ccc(F)cc2)c1/C=C/[C@@H]1C[C@H](C(C(=O)OC(C)(C)C)C(O)[C@@H]2C[C@H](CC(=O)OC(C)(C)C)OC(C)(C)O2)OC(C)(C)O1. The van der Waals surface area contributed by atoms with Crippen molar-refractivity contribution >= 4 is 50.0 Å². The Bertz CT molecular complexity index is 3200. The Morgan fingerprint density at radius 1 is 0.707 bits per heavy atom. The standard InChI is InChI=1S/C58H80F2N6O14S2/c1-32(2)47-40(27-26-38-28-42(77-57(11,12)75-38)46(52(70)80-56(8,9)10)51(69)43-29-39(76-58(13,14)78-43)30-44(68)79-55(5,6)7)49(34-18-22-36(59)23-19-34)63-54(61-47)66(16)82(73,74)31-41(67)45-48(33(3)4)62-53(65(15)81(17,71)72)64-50(45)35-20-24-37(60)25-21-35/h18-27,32-33,38-39,41-43,46,51,67,69H,28-31H2,1-17H3/b27-26+/t38-,39-,41?,42-,43+,46?,51?/m1/s1. The number of rotatable bonds is 19. The van der Waals surface area contributed by atoms with E-state index in [1.165, 1.54) is 50.5 Å². The number of hydrogen-bond donors (Lipinski definition) is 2. The summed E-state index contributed by atoms with van der Waals surface area (Å²) in [6.45, 7) is 24.1. The maximum atomic E-state index is 14.7. The third-order valence-corrected chi connectivity index (χ3v) is 16.2. The fourth-order valence-electron chi connectivity index (χ4n) is 9.71. The molecule has 24 heteroatoms. The molecule has 0 saturated carbocycles. The van der Waals surface area contributed by atoms with Crippen LogP contribution in [0.1, 0.15) is 157 Å². The highest BCUT2D eigenvalue weighted by Gasteiger charge is 2.51. The van der Waals surface area contributed by atoms with Gasteiger partial charge in [0.15, 0.2) is 11.6 Å². The van der Waals surface area contributed by atoms with E-state index in [4.69, 9.17) is 38.4 Å². The highest BCUT2D eigenvalue weighted by molar-refractivity contribution is 7.92. The van der Waals surface area contributed by atoms with Crippen molar-refractivity contribution in [2.75, 3.05) is 34.7 Å². The van der Waals surface area contributed by atoms with Gasteiger partial charge in [-0.15, -0.1) is 0 Å². The predicted octanol–water partition coefficient (Wildman–Crippen LogP) is 8.91. The van der Waals surface area contributed by atoms with E-state index in [-0.39, 0.29) is 59.4 Å². The van der Waals surface area contributed by atoms with Crippen LogP contribution in [0.2, 0.25) is 0 Å². The first kappa shape index (κ1) is 65.6. The average Bonchev–Trinajstić information content (AvgIpc) is 3.50. The molecule has 2 fully saturated rings. The average molecular weight is 1190 g/mol. The number of carbonyl (C=O) groups excluding carboxylic acids is 2. The highest BCUT2D eigenvalue weighted by atomic mass is 32.2. The largest absolute Gasteiger partial charge is 0.460 e. The van der Waals surface area contributed by atoms with Crippen LogP contribution >= 0.6 is 0 Å². The monoisotopic (exact) mass is 1190 g/mol. The van der Waals surface area contributed by atoms with Crippen molar-refractivity contribution in [1.29, 1.82) is 0 Å². The molecule has 6 rings (SSSR count). The van der Waals surface area contributed by atoms with Crippen LogP contribution in [0.3, 0.4) is 0 Å². The molecule has 2 aliphatic heterocycles. The lowest BCUT2D eigenvalue weighted by atomic mass is 9.85. The molecule has 2 aromatic heterocycles. The lowest BCUT2D eigenvalue weighted by Gasteiger charge is -2.47. The smallest absolute Gasteiger partial charge is 0.314 e. The van der Waals surface area contributed by atoms with Crippen molar-refractivity contribution in [3.8, 4) is 22.5 Å². The Labute approximate surface area is 481 Å². The quantitative estimate of drug-likeness (QED) is 0.0831. The third kappa shape index (κ3) is 16.8. The van der Waals surface area contributed by atoms with Crippen molar-refractivity contribution in [3.05, 3.63) is 88.8 Å². The number of nitrogens with zero attached hydrogens (tertiary/aromatic N) is 6. The van der Waals surface area contributed by atoms with Gasteiger partial charge in [0.25, 0.3) is 0 Å². The Hall–Kier alpha value is -5.60.